The van der Waals surface area contributed by atoms with E-state index in [1.807, 2.05) is 6.92 Å². The van der Waals surface area contributed by atoms with Crippen LogP contribution in [-0.4, -0.2) is 26.7 Å². The lowest BCUT2D eigenvalue weighted by atomic mass is 10.4. The Morgan fingerprint density at radius 1 is 1.57 bits per heavy atom. The van der Waals surface area contributed by atoms with Crippen LogP contribution >= 0.6 is 0 Å². The Hall–Kier alpha value is -1.69. The second kappa shape index (κ2) is 3.59. The van der Waals surface area contributed by atoms with E-state index in [1.165, 1.54) is 0 Å². The Kier molecular flexibility index (Phi) is 2.28. The first-order valence-corrected chi connectivity index (χ1v) is 4.34. The minimum absolute atomic E-state index is 0.474. The summed E-state index contributed by atoms with van der Waals surface area (Å²) >= 11 is 0. The van der Waals surface area contributed by atoms with E-state index in [2.05, 4.69) is 20.1 Å². The predicted octanol–water partition coefficient (Wildman–Crippen LogP) is 0.269. The van der Waals surface area contributed by atoms with Crippen molar-refractivity contribution in [1.82, 2.24) is 20.1 Å². The van der Waals surface area contributed by atoms with Crippen LogP contribution in [0, 0.1) is 6.92 Å². The van der Waals surface area contributed by atoms with E-state index in [0.29, 0.717) is 30.5 Å². The molecule has 2 rings (SSSR count). The van der Waals surface area contributed by atoms with E-state index in [-0.39, 0.29) is 0 Å². The molecule has 0 aliphatic rings. The zero-order chi connectivity index (χ0) is 9.97. The van der Waals surface area contributed by atoms with Gasteiger partial charge < -0.3 is 15.2 Å². The molecule has 0 spiro atoms. The number of rotatable bonds is 3. The maximum absolute atomic E-state index is 5.36. The van der Waals surface area contributed by atoms with Gasteiger partial charge in [0.1, 0.15) is 0 Å². The van der Waals surface area contributed by atoms with Gasteiger partial charge in [-0.05, 0) is 6.92 Å². The molecule has 2 heterocycles. The van der Waals surface area contributed by atoms with Gasteiger partial charge in [0, 0.05) is 24.9 Å². The lowest BCUT2D eigenvalue weighted by Crippen LogP contribution is -2.02. The molecule has 3 N–H and O–H groups in total. The van der Waals surface area contributed by atoms with Gasteiger partial charge >= 0.3 is 0 Å². The largest absolute Gasteiger partial charge is 0.339 e. The summed E-state index contributed by atoms with van der Waals surface area (Å²) < 4.78 is 4.97. The van der Waals surface area contributed by atoms with Gasteiger partial charge in [0.2, 0.25) is 11.7 Å². The van der Waals surface area contributed by atoms with E-state index >= 15 is 0 Å². The first-order chi connectivity index (χ1) is 6.79. The Morgan fingerprint density at radius 3 is 3.07 bits per heavy atom. The third-order valence-electron chi connectivity index (χ3n) is 1.74. The highest BCUT2D eigenvalue weighted by Gasteiger charge is 2.09. The third kappa shape index (κ3) is 1.64. The smallest absolute Gasteiger partial charge is 0.238 e. The van der Waals surface area contributed by atoms with Crippen LogP contribution in [0.1, 0.15) is 11.6 Å². The van der Waals surface area contributed by atoms with Crippen LogP contribution in [0.4, 0.5) is 0 Å². The molecule has 0 atom stereocenters. The quantitative estimate of drug-likeness (QED) is 0.729. The van der Waals surface area contributed by atoms with Gasteiger partial charge in [-0.1, -0.05) is 5.16 Å². The molecule has 74 valence electrons. The fourth-order valence-corrected chi connectivity index (χ4v) is 1.10. The monoisotopic (exact) mass is 193 g/mol. The number of H-pyrrole nitrogens is 1. The zero-order valence-corrected chi connectivity index (χ0v) is 7.82. The summed E-state index contributed by atoms with van der Waals surface area (Å²) in [5.41, 5.74) is 6.32. The molecule has 0 aliphatic carbocycles. The lowest BCUT2D eigenvalue weighted by molar-refractivity contribution is 0.380. The topological polar surface area (TPSA) is 93.6 Å². The number of aryl methyl sites for hydroxylation is 1. The number of nitrogens with zero attached hydrogens (tertiary/aromatic N) is 3. The van der Waals surface area contributed by atoms with E-state index in [1.54, 1.807) is 6.20 Å². The van der Waals surface area contributed by atoms with Crippen LogP contribution in [0.2, 0.25) is 0 Å². The number of aromatic nitrogens is 4. The van der Waals surface area contributed by atoms with Crippen molar-refractivity contribution < 1.29 is 4.52 Å². The van der Waals surface area contributed by atoms with E-state index < -0.39 is 0 Å². The minimum Gasteiger partial charge on any atom is -0.339 e. The van der Waals surface area contributed by atoms with Gasteiger partial charge in [-0.15, -0.1) is 0 Å². The summed E-state index contributed by atoms with van der Waals surface area (Å²) in [6.45, 7) is 2.41. The molecular formula is C8H11N5O. The Morgan fingerprint density at radius 2 is 2.43 bits per heavy atom. The summed E-state index contributed by atoms with van der Waals surface area (Å²) in [7, 11) is 0. The standard InChI is InChI=1S/C8H11N5O/c1-5-4-10-7(11-5)8-12-6(2-3-9)14-13-8/h4H,2-3,9H2,1H3,(H,10,11). The van der Waals surface area contributed by atoms with Gasteiger partial charge in [0.05, 0.1) is 0 Å². The molecule has 0 fully saturated rings. The van der Waals surface area contributed by atoms with E-state index in [0.717, 1.165) is 5.69 Å². The number of hydrogen-bond acceptors (Lipinski definition) is 5. The molecule has 0 radical (unpaired) electrons. The number of nitrogens with one attached hydrogen (secondary N) is 1. The van der Waals surface area contributed by atoms with E-state index in [9.17, 15) is 0 Å². The van der Waals surface area contributed by atoms with Gasteiger partial charge in [-0.3, -0.25) is 0 Å². The average Bonchev–Trinajstić information content (AvgIpc) is 2.74. The summed E-state index contributed by atoms with van der Waals surface area (Å²) in [6, 6.07) is 0. The number of nitrogens with two attached hydrogens (primary N) is 1. The second-order valence-electron chi connectivity index (χ2n) is 2.97. The summed E-state index contributed by atoms with van der Waals surface area (Å²) in [6.07, 6.45) is 2.31. The van der Waals surface area contributed by atoms with Gasteiger partial charge in [0.25, 0.3) is 0 Å². The molecular weight excluding hydrogens is 182 g/mol. The fraction of sp³-hybridized carbons (Fsp3) is 0.375. The third-order valence-corrected chi connectivity index (χ3v) is 1.74. The molecule has 0 aliphatic heterocycles. The molecule has 2 aromatic heterocycles. The van der Waals surface area contributed by atoms with E-state index in [4.69, 9.17) is 10.3 Å². The highest BCUT2D eigenvalue weighted by Crippen LogP contribution is 2.11. The Balaban J connectivity index is 2.24. The Bertz CT molecular complexity index is 419. The molecule has 0 saturated heterocycles. The predicted molar refractivity (Wildman–Crippen MR) is 49.4 cm³/mol. The van der Waals surface area contributed by atoms with Crippen LogP contribution < -0.4 is 5.73 Å². The van der Waals surface area contributed by atoms with Gasteiger partial charge in [0.15, 0.2) is 5.82 Å². The van der Waals surface area contributed by atoms with Crippen LogP contribution in [0.3, 0.4) is 0 Å². The zero-order valence-electron chi connectivity index (χ0n) is 7.82. The first kappa shape index (κ1) is 8.89. The minimum atomic E-state index is 0.474. The fourth-order valence-electron chi connectivity index (χ4n) is 1.10. The number of hydrogen-bond donors (Lipinski definition) is 2. The normalized spacial score (nSPS) is 10.7. The molecule has 6 nitrogen and oxygen atoms in total. The van der Waals surface area contributed by atoms with Crippen LogP contribution in [-0.2, 0) is 6.42 Å². The SMILES string of the molecule is Cc1cnc(-c2noc(CCN)n2)[nH]1. The summed E-state index contributed by atoms with van der Waals surface area (Å²) in [5, 5.41) is 3.78. The van der Waals surface area contributed by atoms with Gasteiger partial charge in [-0.2, -0.15) is 4.98 Å². The molecule has 0 amide bonds. The average molecular weight is 193 g/mol. The van der Waals surface area contributed by atoms with Crippen molar-refractivity contribution in [3.8, 4) is 11.6 Å². The molecule has 6 heteroatoms. The van der Waals surface area contributed by atoms with Crippen LogP contribution in [0.25, 0.3) is 11.6 Å². The van der Waals surface area contributed by atoms with Gasteiger partial charge in [-0.25, -0.2) is 4.98 Å². The van der Waals surface area contributed by atoms with Crippen molar-refractivity contribution in [1.29, 1.82) is 0 Å². The number of aromatic amines is 1. The second-order valence-corrected chi connectivity index (χ2v) is 2.97. The first-order valence-electron chi connectivity index (χ1n) is 4.34. The maximum atomic E-state index is 5.36. The maximum Gasteiger partial charge on any atom is 0.238 e. The van der Waals surface area contributed by atoms with Crippen molar-refractivity contribution in [2.75, 3.05) is 6.54 Å². The Labute approximate surface area is 80.5 Å². The van der Waals surface area contributed by atoms with Crippen molar-refractivity contribution in [3.05, 3.63) is 17.8 Å². The van der Waals surface area contributed by atoms with Crippen molar-refractivity contribution in [3.63, 3.8) is 0 Å². The molecule has 0 unspecified atom stereocenters. The molecule has 0 aromatic carbocycles. The molecule has 14 heavy (non-hydrogen) atoms. The summed E-state index contributed by atoms with van der Waals surface area (Å²) in [4.78, 5) is 11.2. The van der Waals surface area contributed by atoms with Crippen LogP contribution in [0.5, 0.6) is 0 Å². The van der Waals surface area contributed by atoms with Crippen LogP contribution in [0.15, 0.2) is 10.7 Å². The van der Waals surface area contributed by atoms with Crippen molar-refractivity contribution in [2.24, 2.45) is 5.73 Å². The molecule has 0 saturated carbocycles. The van der Waals surface area contributed by atoms with Crippen molar-refractivity contribution >= 4 is 0 Å². The highest BCUT2D eigenvalue weighted by molar-refractivity contribution is 5.41. The lowest BCUT2D eigenvalue weighted by Gasteiger charge is -1.85. The molecule has 2 aromatic rings. The highest BCUT2D eigenvalue weighted by atomic mass is 16.5. The number of imidazole rings is 1. The molecule has 0 bridgehead atoms. The van der Waals surface area contributed by atoms with Crippen molar-refractivity contribution in [2.45, 2.75) is 13.3 Å². The summed E-state index contributed by atoms with van der Waals surface area (Å²) in [5.74, 6) is 1.63.